The van der Waals surface area contributed by atoms with E-state index in [0.29, 0.717) is 29.2 Å². The summed E-state index contributed by atoms with van der Waals surface area (Å²) < 4.78 is 5.93. The molecule has 0 bridgehead atoms. The molecule has 0 saturated heterocycles. The molecule has 2 aromatic heterocycles. The van der Waals surface area contributed by atoms with Gasteiger partial charge in [0.1, 0.15) is 4.83 Å². The van der Waals surface area contributed by atoms with Crippen molar-refractivity contribution in [1.29, 1.82) is 0 Å². The number of Topliss-reactive ketones (excluding diaryl/α,β-unsaturated/α-hetero) is 1. The van der Waals surface area contributed by atoms with Gasteiger partial charge in [-0.1, -0.05) is 25.1 Å². The topological polar surface area (TPSA) is 68.3 Å². The van der Waals surface area contributed by atoms with Crippen LogP contribution < -0.4 is 5.32 Å². The Bertz CT molecular complexity index is 1090. The van der Waals surface area contributed by atoms with Crippen molar-refractivity contribution in [2.45, 2.75) is 52.2 Å². The lowest BCUT2D eigenvalue weighted by Gasteiger charge is -2.31. The maximum Gasteiger partial charge on any atom is 0.255 e. The molecule has 0 fully saturated rings. The Kier molecular flexibility index (Phi) is 5.23. The number of amides is 1. The summed E-state index contributed by atoms with van der Waals surface area (Å²) in [6, 6.07) is 11.0. The van der Waals surface area contributed by atoms with Gasteiger partial charge < -0.3 is 10.1 Å². The summed E-state index contributed by atoms with van der Waals surface area (Å²) in [5.74, 6) is -0.195. The third-order valence-electron chi connectivity index (χ3n) is 5.07. The molecule has 1 aliphatic rings. The molecule has 0 spiro atoms. The van der Waals surface area contributed by atoms with Crippen LogP contribution in [0, 0.1) is 0 Å². The van der Waals surface area contributed by atoms with E-state index in [0.717, 1.165) is 34.3 Å². The highest BCUT2D eigenvalue weighted by Crippen LogP contribution is 2.39. The van der Waals surface area contributed by atoms with Gasteiger partial charge in [0.2, 0.25) is 0 Å². The van der Waals surface area contributed by atoms with E-state index in [1.807, 2.05) is 31.2 Å². The van der Waals surface area contributed by atoms with Crippen LogP contribution in [0.5, 0.6) is 0 Å². The van der Waals surface area contributed by atoms with Crippen molar-refractivity contribution in [2.24, 2.45) is 0 Å². The summed E-state index contributed by atoms with van der Waals surface area (Å²) >= 11 is 1.37. The molecular weight excluding hydrogens is 384 g/mol. The highest BCUT2D eigenvalue weighted by atomic mass is 32.1. The number of benzene rings is 1. The van der Waals surface area contributed by atoms with E-state index in [2.05, 4.69) is 19.2 Å². The number of carbonyl (C=O) groups excluding carboxylic acids is 2. The first-order valence-electron chi connectivity index (χ1n) is 9.87. The summed E-state index contributed by atoms with van der Waals surface area (Å²) in [6.07, 6.45) is 1.92. The number of ketones is 1. The van der Waals surface area contributed by atoms with Crippen LogP contribution in [0.3, 0.4) is 0 Å². The molecule has 0 saturated carbocycles. The number of anilines is 1. The number of nitrogens with one attached hydrogen (secondary N) is 1. The van der Waals surface area contributed by atoms with Crippen LogP contribution in [-0.4, -0.2) is 22.3 Å². The van der Waals surface area contributed by atoms with Crippen molar-refractivity contribution in [3.63, 3.8) is 0 Å². The fourth-order valence-electron chi connectivity index (χ4n) is 3.54. The number of thiophene rings is 1. The quantitative estimate of drug-likeness (QED) is 0.575. The molecule has 29 heavy (non-hydrogen) atoms. The summed E-state index contributed by atoms with van der Waals surface area (Å²) in [7, 11) is 0. The number of rotatable bonds is 5. The number of nitrogens with zero attached hydrogens (tertiary/aromatic N) is 1. The summed E-state index contributed by atoms with van der Waals surface area (Å²) in [4.78, 5) is 31.8. The first-order chi connectivity index (χ1) is 13.9. The number of fused-ring (bicyclic) bond motifs is 2. The molecule has 3 heterocycles. The van der Waals surface area contributed by atoms with Crippen LogP contribution in [0.4, 0.5) is 5.69 Å². The van der Waals surface area contributed by atoms with E-state index in [-0.39, 0.29) is 17.3 Å². The normalized spacial score (nSPS) is 15.1. The monoisotopic (exact) mass is 408 g/mol. The Hall–Kier alpha value is -2.57. The number of hydrogen-bond donors (Lipinski definition) is 1. The van der Waals surface area contributed by atoms with E-state index in [1.54, 1.807) is 12.1 Å². The molecule has 6 heteroatoms. The van der Waals surface area contributed by atoms with Gasteiger partial charge in [-0.25, -0.2) is 4.98 Å². The number of pyridine rings is 1. The predicted octanol–water partition coefficient (Wildman–Crippen LogP) is 5.38. The summed E-state index contributed by atoms with van der Waals surface area (Å²) in [6.45, 7) is 6.56. The highest BCUT2D eigenvalue weighted by molar-refractivity contribution is 7.21. The Balaban J connectivity index is 1.80. The van der Waals surface area contributed by atoms with Gasteiger partial charge in [-0.2, -0.15) is 0 Å². The Morgan fingerprint density at radius 1 is 1.24 bits per heavy atom. The minimum absolute atomic E-state index is 0.0356. The maximum absolute atomic E-state index is 12.8. The second kappa shape index (κ2) is 7.69. The SMILES string of the molecule is CCCC(=O)c1sc2nc3c(cc2c1NC(=O)c1ccccc1)COC(C)(C)C3. The zero-order valence-electron chi connectivity index (χ0n) is 16.9. The van der Waals surface area contributed by atoms with Crippen molar-refractivity contribution in [3.05, 3.63) is 58.1 Å². The number of aromatic nitrogens is 1. The average Bonchev–Trinajstić information content (AvgIpc) is 3.04. The third-order valence-corrected chi connectivity index (χ3v) is 6.21. The molecule has 0 unspecified atom stereocenters. The number of ether oxygens (including phenoxy) is 1. The van der Waals surface area contributed by atoms with Gasteiger partial charge in [0.25, 0.3) is 5.91 Å². The zero-order valence-corrected chi connectivity index (χ0v) is 17.7. The van der Waals surface area contributed by atoms with Crippen molar-refractivity contribution >= 4 is 38.9 Å². The first kappa shape index (κ1) is 19.7. The van der Waals surface area contributed by atoms with Gasteiger partial charge in [-0.15, -0.1) is 11.3 Å². The molecule has 0 aliphatic carbocycles. The lowest BCUT2D eigenvalue weighted by atomic mass is 9.95. The van der Waals surface area contributed by atoms with Crippen LogP contribution in [0.1, 0.15) is 64.9 Å². The minimum atomic E-state index is -0.254. The fourth-order valence-corrected chi connectivity index (χ4v) is 4.64. The van der Waals surface area contributed by atoms with Gasteiger partial charge in [0, 0.05) is 29.4 Å². The highest BCUT2D eigenvalue weighted by Gasteiger charge is 2.29. The first-order valence-corrected chi connectivity index (χ1v) is 10.7. The molecule has 3 aromatic rings. The lowest BCUT2D eigenvalue weighted by Crippen LogP contribution is -2.32. The van der Waals surface area contributed by atoms with Crippen LogP contribution in [0.25, 0.3) is 10.2 Å². The minimum Gasteiger partial charge on any atom is -0.370 e. The second-order valence-electron chi connectivity index (χ2n) is 7.97. The molecule has 0 radical (unpaired) electrons. The van der Waals surface area contributed by atoms with Gasteiger partial charge >= 0.3 is 0 Å². The van der Waals surface area contributed by atoms with Gasteiger partial charge in [0.05, 0.1) is 28.5 Å². The molecule has 150 valence electrons. The smallest absolute Gasteiger partial charge is 0.255 e. The standard InChI is InChI=1S/C23H24N2O3S/c1-4-8-18(26)20-19(25-21(27)14-9-6-5-7-10-14)16-11-15-13-28-23(2,3)12-17(15)24-22(16)29-20/h5-7,9-11H,4,8,12-13H2,1-3H3,(H,25,27). The van der Waals surface area contributed by atoms with Crippen molar-refractivity contribution in [3.8, 4) is 0 Å². The Labute approximate surface area is 174 Å². The molecular formula is C23H24N2O3S. The second-order valence-corrected chi connectivity index (χ2v) is 8.97. The average molecular weight is 409 g/mol. The van der Waals surface area contributed by atoms with Gasteiger partial charge in [0.15, 0.2) is 5.78 Å². The van der Waals surface area contributed by atoms with Gasteiger partial charge in [-0.05, 0) is 38.5 Å². The molecule has 0 atom stereocenters. The molecule has 5 nitrogen and oxygen atoms in total. The number of hydrogen-bond acceptors (Lipinski definition) is 5. The van der Waals surface area contributed by atoms with Gasteiger partial charge in [-0.3, -0.25) is 9.59 Å². The third kappa shape index (κ3) is 3.95. The molecule has 4 rings (SSSR count). The summed E-state index contributed by atoms with van der Waals surface area (Å²) in [5, 5.41) is 3.79. The van der Waals surface area contributed by atoms with Crippen molar-refractivity contribution in [1.82, 2.24) is 4.98 Å². The lowest BCUT2D eigenvalue weighted by molar-refractivity contribution is -0.0411. The molecule has 1 N–H and O–H groups in total. The molecule has 1 amide bonds. The fraction of sp³-hybridized carbons (Fsp3) is 0.348. The molecule has 1 aliphatic heterocycles. The van der Waals surface area contributed by atoms with E-state index in [9.17, 15) is 9.59 Å². The Morgan fingerprint density at radius 2 is 2.00 bits per heavy atom. The van der Waals surface area contributed by atoms with Crippen molar-refractivity contribution < 1.29 is 14.3 Å². The Morgan fingerprint density at radius 3 is 2.72 bits per heavy atom. The van der Waals surface area contributed by atoms with Crippen LogP contribution >= 0.6 is 11.3 Å². The van der Waals surface area contributed by atoms with E-state index in [4.69, 9.17) is 9.72 Å². The van der Waals surface area contributed by atoms with E-state index in [1.165, 1.54) is 11.3 Å². The number of carbonyl (C=O) groups is 2. The maximum atomic E-state index is 12.8. The van der Waals surface area contributed by atoms with Crippen LogP contribution in [0.2, 0.25) is 0 Å². The van der Waals surface area contributed by atoms with Crippen molar-refractivity contribution in [2.75, 3.05) is 5.32 Å². The molecule has 1 aromatic carbocycles. The van der Waals surface area contributed by atoms with E-state index >= 15 is 0 Å². The largest absolute Gasteiger partial charge is 0.370 e. The van der Waals surface area contributed by atoms with Crippen LogP contribution in [-0.2, 0) is 17.8 Å². The zero-order chi connectivity index (χ0) is 20.6. The predicted molar refractivity (Wildman–Crippen MR) is 116 cm³/mol. The van der Waals surface area contributed by atoms with Crippen LogP contribution in [0.15, 0.2) is 36.4 Å². The summed E-state index contributed by atoms with van der Waals surface area (Å²) in [5.41, 5.74) is 2.88. The van der Waals surface area contributed by atoms with E-state index < -0.39 is 0 Å².